The molecule has 0 fully saturated rings. The lowest BCUT2D eigenvalue weighted by atomic mass is 10.2. The normalized spacial score (nSPS) is 15.0. The number of hydrogen-bond donors (Lipinski definition) is 1. The molecule has 2 N–H and O–H groups in total. The van der Waals surface area contributed by atoms with E-state index < -0.39 is 0 Å². The molecule has 2 unspecified atom stereocenters. The van der Waals surface area contributed by atoms with Crippen molar-refractivity contribution in [2.75, 3.05) is 19.0 Å². The number of rotatable bonds is 5. The van der Waals surface area contributed by atoms with Crippen molar-refractivity contribution in [3.63, 3.8) is 0 Å². The first-order chi connectivity index (χ1) is 6.99. The zero-order valence-corrected chi connectivity index (χ0v) is 11.2. The predicted octanol–water partition coefficient (Wildman–Crippen LogP) is 1.82. The van der Waals surface area contributed by atoms with Crippen molar-refractivity contribution >= 4 is 28.2 Å². The Labute approximate surface area is 99.3 Å². The Kier molecular flexibility index (Phi) is 4.82. The van der Waals surface area contributed by atoms with Crippen LogP contribution in [0.15, 0.2) is 4.34 Å². The van der Waals surface area contributed by atoms with Crippen molar-refractivity contribution in [2.24, 2.45) is 5.73 Å². The smallest absolute Gasteiger partial charge is 0.208 e. The largest absolute Gasteiger partial charge is 0.353 e. The Hall–Kier alpha value is -0.330. The number of anilines is 1. The molecular formula is C9H18N4S2. The summed E-state index contributed by atoms with van der Waals surface area (Å²) < 4.78 is 1.02. The minimum absolute atomic E-state index is 0.244. The molecule has 0 saturated carbocycles. The van der Waals surface area contributed by atoms with E-state index >= 15 is 0 Å². The standard InChI is InChI=1S/C9H18N4S2/c1-6(10)5-7(2)14-9-12-11-8(15-9)13(3)4/h6-7H,5,10H2,1-4H3. The van der Waals surface area contributed by atoms with Crippen LogP contribution in [-0.4, -0.2) is 35.6 Å². The summed E-state index contributed by atoms with van der Waals surface area (Å²) in [5, 5.41) is 9.67. The molecule has 86 valence electrons. The number of aromatic nitrogens is 2. The molecule has 0 aliphatic heterocycles. The lowest BCUT2D eigenvalue weighted by molar-refractivity contribution is 0.662. The van der Waals surface area contributed by atoms with Crippen LogP contribution < -0.4 is 10.6 Å². The molecule has 2 atom stereocenters. The number of hydrogen-bond acceptors (Lipinski definition) is 6. The van der Waals surface area contributed by atoms with Gasteiger partial charge in [-0.2, -0.15) is 0 Å². The molecule has 0 radical (unpaired) electrons. The topological polar surface area (TPSA) is 55.0 Å². The molecule has 15 heavy (non-hydrogen) atoms. The second-order valence-electron chi connectivity index (χ2n) is 3.89. The molecule has 1 aromatic rings. The average molecular weight is 246 g/mol. The third-order valence-corrected chi connectivity index (χ3v) is 4.09. The Morgan fingerprint density at radius 1 is 1.40 bits per heavy atom. The van der Waals surface area contributed by atoms with Gasteiger partial charge < -0.3 is 10.6 Å². The van der Waals surface area contributed by atoms with E-state index in [9.17, 15) is 0 Å². The maximum Gasteiger partial charge on any atom is 0.208 e. The summed E-state index contributed by atoms with van der Waals surface area (Å²) in [4.78, 5) is 1.97. The SMILES string of the molecule is CC(N)CC(C)Sc1nnc(N(C)C)s1. The van der Waals surface area contributed by atoms with Crippen LogP contribution in [0.1, 0.15) is 20.3 Å². The molecular weight excluding hydrogens is 228 g/mol. The maximum atomic E-state index is 5.75. The van der Waals surface area contributed by atoms with Crippen LogP contribution >= 0.6 is 23.1 Å². The van der Waals surface area contributed by atoms with Crippen molar-refractivity contribution in [1.82, 2.24) is 10.2 Å². The van der Waals surface area contributed by atoms with E-state index in [-0.39, 0.29) is 6.04 Å². The molecule has 1 heterocycles. The molecule has 0 amide bonds. The van der Waals surface area contributed by atoms with E-state index in [2.05, 4.69) is 17.1 Å². The van der Waals surface area contributed by atoms with E-state index in [1.165, 1.54) is 0 Å². The molecule has 0 aliphatic carbocycles. The zero-order valence-electron chi connectivity index (χ0n) is 9.60. The van der Waals surface area contributed by atoms with Gasteiger partial charge >= 0.3 is 0 Å². The van der Waals surface area contributed by atoms with Crippen molar-refractivity contribution in [1.29, 1.82) is 0 Å². The maximum absolute atomic E-state index is 5.75. The van der Waals surface area contributed by atoms with E-state index in [1.807, 2.05) is 25.9 Å². The molecule has 4 nitrogen and oxygen atoms in total. The first kappa shape index (κ1) is 12.7. The first-order valence-electron chi connectivity index (χ1n) is 4.92. The predicted molar refractivity (Wildman–Crippen MR) is 67.8 cm³/mol. The highest BCUT2D eigenvalue weighted by Gasteiger charge is 2.11. The van der Waals surface area contributed by atoms with Crippen LogP contribution in [0.5, 0.6) is 0 Å². The van der Waals surface area contributed by atoms with Gasteiger partial charge in [0.1, 0.15) is 0 Å². The third kappa shape index (κ3) is 4.36. The molecule has 1 rings (SSSR count). The fraction of sp³-hybridized carbons (Fsp3) is 0.778. The minimum Gasteiger partial charge on any atom is -0.353 e. The fourth-order valence-electron chi connectivity index (χ4n) is 1.17. The Morgan fingerprint density at radius 2 is 2.07 bits per heavy atom. The van der Waals surface area contributed by atoms with Gasteiger partial charge in [-0.15, -0.1) is 10.2 Å². The van der Waals surface area contributed by atoms with Gasteiger partial charge in [-0.1, -0.05) is 30.0 Å². The summed E-state index contributed by atoms with van der Waals surface area (Å²) in [6.45, 7) is 4.20. The lowest BCUT2D eigenvalue weighted by Gasteiger charge is -2.10. The van der Waals surface area contributed by atoms with Crippen LogP contribution in [0.4, 0.5) is 5.13 Å². The number of nitrogens with two attached hydrogens (primary N) is 1. The van der Waals surface area contributed by atoms with Crippen LogP contribution in [0, 0.1) is 0 Å². The Morgan fingerprint density at radius 3 is 2.53 bits per heavy atom. The third-order valence-electron chi connectivity index (χ3n) is 1.78. The quantitative estimate of drug-likeness (QED) is 0.803. The highest BCUT2D eigenvalue weighted by Crippen LogP contribution is 2.31. The number of thioether (sulfide) groups is 1. The summed E-state index contributed by atoms with van der Waals surface area (Å²) in [5.74, 6) is 0. The summed E-state index contributed by atoms with van der Waals surface area (Å²) >= 11 is 3.37. The second-order valence-corrected chi connectivity index (χ2v) is 6.53. The second kappa shape index (κ2) is 5.67. The fourth-order valence-corrected chi connectivity index (χ4v) is 3.42. The van der Waals surface area contributed by atoms with Crippen molar-refractivity contribution < 1.29 is 0 Å². The highest BCUT2D eigenvalue weighted by molar-refractivity contribution is 8.01. The van der Waals surface area contributed by atoms with Gasteiger partial charge in [-0.05, 0) is 13.3 Å². The summed E-state index contributed by atoms with van der Waals surface area (Å²) in [7, 11) is 3.95. The van der Waals surface area contributed by atoms with Gasteiger partial charge in [-0.3, -0.25) is 0 Å². The lowest BCUT2D eigenvalue weighted by Crippen LogP contribution is -2.19. The molecule has 1 aromatic heterocycles. The van der Waals surface area contributed by atoms with E-state index in [1.54, 1.807) is 23.1 Å². The van der Waals surface area contributed by atoms with Crippen molar-refractivity contribution in [3.8, 4) is 0 Å². The zero-order chi connectivity index (χ0) is 11.4. The molecule has 0 saturated heterocycles. The van der Waals surface area contributed by atoms with E-state index in [4.69, 9.17) is 5.73 Å². The molecule has 6 heteroatoms. The van der Waals surface area contributed by atoms with Gasteiger partial charge in [0.25, 0.3) is 0 Å². The summed E-state index contributed by atoms with van der Waals surface area (Å²) in [5.41, 5.74) is 5.75. The van der Waals surface area contributed by atoms with Crippen molar-refractivity contribution in [3.05, 3.63) is 0 Å². The summed E-state index contributed by atoms with van der Waals surface area (Å²) in [6.07, 6.45) is 1.00. The van der Waals surface area contributed by atoms with Gasteiger partial charge in [0, 0.05) is 25.4 Å². The molecule has 0 aliphatic rings. The number of nitrogens with zero attached hydrogens (tertiary/aromatic N) is 3. The molecule has 0 bridgehead atoms. The van der Waals surface area contributed by atoms with E-state index in [0.29, 0.717) is 5.25 Å². The Bertz CT molecular complexity index is 298. The average Bonchev–Trinajstić information content (AvgIpc) is 2.50. The van der Waals surface area contributed by atoms with Gasteiger partial charge in [-0.25, -0.2) is 0 Å². The first-order valence-corrected chi connectivity index (χ1v) is 6.61. The Balaban J connectivity index is 2.49. The van der Waals surface area contributed by atoms with Gasteiger partial charge in [0.05, 0.1) is 0 Å². The van der Waals surface area contributed by atoms with Crippen LogP contribution in [0.3, 0.4) is 0 Å². The minimum atomic E-state index is 0.244. The van der Waals surface area contributed by atoms with Gasteiger partial charge in [0.15, 0.2) is 4.34 Å². The van der Waals surface area contributed by atoms with Crippen LogP contribution in [0.2, 0.25) is 0 Å². The monoisotopic (exact) mass is 246 g/mol. The van der Waals surface area contributed by atoms with Crippen molar-refractivity contribution in [2.45, 2.75) is 35.9 Å². The van der Waals surface area contributed by atoms with E-state index in [0.717, 1.165) is 15.9 Å². The molecule has 0 spiro atoms. The van der Waals surface area contributed by atoms with Crippen LogP contribution in [0.25, 0.3) is 0 Å². The van der Waals surface area contributed by atoms with Crippen LogP contribution in [-0.2, 0) is 0 Å². The molecule has 0 aromatic carbocycles. The van der Waals surface area contributed by atoms with Gasteiger partial charge in [0.2, 0.25) is 5.13 Å². The highest BCUT2D eigenvalue weighted by atomic mass is 32.2. The summed E-state index contributed by atoms with van der Waals surface area (Å²) in [6, 6.07) is 0.244.